The first-order valence-electron chi connectivity index (χ1n) is 11.4. The lowest BCUT2D eigenvalue weighted by atomic mass is 10.0. The lowest BCUT2D eigenvalue weighted by Crippen LogP contribution is -2.36. The zero-order valence-corrected chi connectivity index (χ0v) is 19.9. The summed E-state index contributed by atoms with van der Waals surface area (Å²) < 4.78 is 0. The van der Waals surface area contributed by atoms with Crippen LogP contribution in [0.2, 0.25) is 5.02 Å². The molecule has 0 spiro atoms. The maximum absolute atomic E-state index is 13.1. The van der Waals surface area contributed by atoms with Crippen LogP contribution >= 0.6 is 11.6 Å². The van der Waals surface area contributed by atoms with Gasteiger partial charge in [-0.05, 0) is 67.3 Å². The molecule has 0 aliphatic carbocycles. The van der Waals surface area contributed by atoms with Crippen molar-refractivity contribution in [1.29, 1.82) is 0 Å². The number of fused-ring (bicyclic) bond motifs is 1. The maximum atomic E-state index is 13.1. The van der Waals surface area contributed by atoms with E-state index < -0.39 is 0 Å². The molecule has 1 amide bonds. The Morgan fingerprint density at radius 2 is 1.68 bits per heavy atom. The number of rotatable bonds is 6. The second kappa shape index (κ2) is 9.22. The Balaban J connectivity index is 1.26. The first-order chi connectivity index (χ1) is 14.8. The molecule has 0 radical (unpaired) electrons. The zero-order chi connectivity index (χ0) is 22.1. The number of nitrogens with one attached hydrogen (secondary N) is 1. The normalized spacial score (nSPS) is 21.9. The SMILES string of the molecule is Cc1ccc(NCC(C)CN2CC3CN(C(=O)c4c(C)cccc4C)CC3C2)cc1Cl. The summed E-state index contributed by atoms with van der Waals surface area (Å²) in [5.74, 6) is 1.96. The van der Waals surface area contributed by atoms with Crippen molar-refractivity contribution in [3.05, 3.63) is 63.7 Å². The number of carbonyl (C=O) groups is 1. The van der Waals surface area contributed by atoms with E-state index in [9.17, 15) is 4.79 Å². The molecule has 31 heavy (non-hydrogen) atoms. The Labute approximate surface area is 191 Å². The molecule has 2 aromatic carbocycles. The summed E-state index contributed by atoms with van der Waals surface area (Å²) in [5, 5.41) is 4.33. The molecule has 2 saturated heterocycles. The van der Waals surface area contributed by atoms with Crippen molar-refractivity contribution in [3.63, 3.8) is 0 Å². The standard InChI is InChI=1S/C26H34ClN3O/c1-17(11-28-23-9-8-18(2)24(27)10-23)12-29-13-21-15-30(16-22(21)14-29)26(31)25-19(3)6-5-7-20(25)4/h5-10,17,21-22,28H,11-16H2,1-4H3. The molecular weight excluding hydrogens is 406 g/mol. The molecule has 5 heteroatoms. The van der Waals surface area contributed by atoms with Crippen LogP contribution in [0.1, 0.15) is 34.0 Å². The Morgan fingerprint density at radius 3 is 2.29 bits per heavy atom. The molecule has 2 fully saturated rings. The van der Waals surface area contributed by atoms with Crippen molar-refractivity contribution in [1.82, 2.24) is 9.80 Å². The van der Waals surface area contributed by atoms with Gasteiger partial charge in [-0.1, -0.05) is 42.8 Å². The topological polar surface area (TPSA) is 35.6 Å². The van der Waals surface area contributed by atoms with Gasteiger partial charge >= 0.3 is 0 Å². The molecule has 0 bridgehead atoms. The summed E-state index contributed by atoms with van der Waals surface area (Å²) in [4.78, 5) is 17.8. The van der Waals surface area contributed by atoms with E-state index in [2.05, 4.69) is 34.2 Å². The van der Waals surface area contributed by atoms with Crippen molar-refractivity contribution in [2.45, 2.75) is 27.7 Å². The molecular formula is C26H34ClN3O. The molecule has 2 aliphatic rings. The molecule has 1 N–H and O–H groups in total. The summed E-state index contributed by atoms with van der Waals surface area (Å²) >= 11 is 6.24. The van der Waals surface area contributed by atoms with Crippen LogP contribution in [0.5, 0.6) is 0 Å². The molecule has 2 aromatic rings. The van der Waals surface area contributed by atoms with Crippen LogP contribution < -0.4 is 5.32 Å². The van der Waals surface area contributed by atoms with Crippen LogP contribution in [-0.2, 0) is 0 Å². The fraction of sp³-hybridized carbons (Fsp3) is 0.500. The van der Waals surface area contributed by atoms with Gasteiger partial charge in [-0.25, -0.2) is 0 Å². The molecule has 166 valence electrons. The Kier molecular flexibility index (Phi) is 6.59. The van der Waals surface area contributed by atoms with E-state index in [1.165, 1.54) is 0 Å². The summed E-state index contributed by atoms with van der Waals surface area (Å²) in [6, 6.07) is 12.3. The number of halogens is 1. The van der Waals surface area contributed by atoms with Crippen LogP contribution in [0.3, 0.4) is 0 Å². The van der Waals surface area contributed by atoms with Crippen molar-refractivity contribution in [2.75, 3.05) is 44.6 Å². The second-order valence-electron chi connectivity index (χ2n) is 9.67. The van der Waals surface area contributed by atoms with E-state index in [0.29, 0.717) is 17.8 Å². The van der Waals surface area contributed by atoms with Crippen molar-refractivity contribution in [3.8, 4) is 0 Å². The van der Waals surface area contributed by atoms with Crippen LogP contribution in [0.15, 0.2) is 36.4 Å². The molecule has 3 unspecified atom stereocenters. The minimum atomic E-state index is 0.214. The Hall–Kier alpha value is -2.04. The highest BCUT2D eigenvalue weighted by molar-refractivity contribution is 6.31. The average molecular weight is 440 g/mol. The van der Waals surface area contributed by atoms with Gasteiger partial charge in [0, 0.05) is 55.5 Å². The van der Waals surface area contributed by atoms with Gasteiger partial charge in [0.05, 0.1) is 0 Å². The largest absolute Gasteiger partial charge is 0.385 e. The van der Waals surface area contributed by atoms with Crippen LogP contribution in [0.4, 0.5) is 5.69 Å². The predicted octanol–water partition coefficient (Wildman–Crippen LogP) is 5.02. The third kappa shape index (κ3) is 4.91. The molecule has 2 heterocycles. The van der Waals surface area contributed by atoms with Crippen LogP contribution in [0, 0.1) is 38.5 Å². The van der Waals surface area contributed by atoms with Gasteiger partial charge < -0.3 is 15.1 Å². The third-order valence-corrected chi connectivity index (χ3v) is 7.35. The van der Waals surface area contributed by atoms with E-state index in [1.807, 2.05) is 45.0 Å². The van der Waals surface area contributed by atoms with E-state index in [1.54, 1.807) is 0 Å². The Bertz CT molecular complexity index is 925. The second-order valence-corrected chi connectivity index (χ2v) is 10.1. The Morgan fingerprint density at radius 1 is 1.03 bits per heavy atom. The van der Waals surface area contributed by atoms with Gasteiger partial charge in [-0.3, -0.25) is 4.79 Å². The number of carbonyl (C=O) groups excluding carboxylic acids is 1. The van der Waals surface area contributed by atoms with Crippen molar-refractivity contribution >= 4 is 23.2 Å². The third-order valence-electron chi connectivity index (χ3n) is 6.94. The average Bonchev–Trinajstić information content (AvgIpc) is 3.27. The number of hydrogen-bond donors (Lipinski definition) is 1. The number of aryl methyl sites for hydroxylation is 3. The zero-order valence-electron chi connectivity index (χ0n) is 19.1. The monoisotopic (exact) mass is 439 g/mol. The van der Waals surface area contributed by atoms with E-state index >= 15 is 0 Å². The van der Waals surface area contributed by atoms with Crippen LogP contribution in [0.25, 0.3) is 0 Å². The molecule has 3 atom stereocenters. The molecule has 4 nitrogen and oxygen atoms in total. The minimum Gasteiger partial charge on any atom is -0.385 e. The number of amides is 1. The highest BCUT2D eigenvalue weighted by Crippen LogP contribution is 2.33. The lowest BCUT2D eigenvalue weighted by Gasteiger charge is -2.25. The van der Waals surface area contributed by atoms with Crippen molar-refractivity contribution in [2.24, 2.45) is 17.8 Å². The first-order valence-corrected chi connectivity index (χ1v) is 11.8. The summed E-state index contributed by atoms with van der Waals surface area (Å²) in [5.41, 5.74) is 5.25. The van der Waals surface area contributed by atoms with Gasteiger partial charge in [0.2, 0.25) is 0 Å². The molecule has 0 saturated carbocycles. The molecule has 4 rings (SSSR count). The van der Waals surface area contributed by atoms with E-state index in [0.717, 1.165) is 72.2 Å². The molecule has 2 aliphatic heterocycles. The highest BCUT2D eigenvalue weighted by Gasteiger charge is 2.42. The van der Waals surface area contributed by atoms with Crippen molar-refractivity contribution < 1.29 is 4.79 Å². The fourth-order valence-electron chi connectivity index (χ4n) is 5.22. The van der Waals surface area contributed by atoms with Gasteiger partial charge in [0.25, 0.3) is 5.91 Å². The number of likely N-dealkylation sites (tertiary alicyclic amines) is 2. The van der Waals surface area contributed by atoms with E-state index in [-0.39, 0.29) is 5.91 Å². The highest BCUT2D eigenvalue weighted by atomic mass is 35.5. The smallest absolute Gasteiger partial charge is 0.254 e. The number of anilines is 1. The summed E-state index contributed by atoms with van der Waals surface area (Å²) in [7, 11) is 0. The number of nitrogens with zero attached hydrogens (tertiary/aromatic N) is 2. The van der Waals surface area contributed by atoms with Gasteiger partial charge in [0.15, 0.2) is 0 Å². The number of benzene rings is 2. The van der Waals surface area contributed by atoms with E-state index in [4.69, 9.17) is 11.6 Å². The fourth-order valence-corrected chi connectivity index (χ4v) is 5.40. The quantitative estimate of drug-likeness (QED) is 0.686. The summed E-state index contributed by atoms with van der Waals surface area (Å²) in [6.07, 6.45) is 0. The number of hydrogen-bond acceptors (Lipinski definition) is 3. The van der Waals surface area contributed by atoms with Crippen LogP contribution in [-0.4, -0.2) is 55.0 Å². The van der Waals surface area contributed by atoms with Gasteiger partial charge in [0.1, 0.15) is 0 Å². The lowest BCUT2D eigenvalue weighted by molar-refractivity contribution is 0.0771. The summed E-state index contributed by atoms with van der Waals surface area (Å²) in [6.45, 7) is 14.4. The first kappa shape index (κ1) is 22.2. The van der Waals surface area contributed by atoms with Gasteiger partial charge in [-0.15, -0.1) is 0 Å². The van der Waals surface area contributed by atoms with Gasteiger partial charge in [-0.2, -0.15) is 0 Å². The maximum Gasteiger partial charge on any atom is 0.254 e. The molecule has 0 aromatic heterocycles. The minimum absolute atomic E-state index is 0.214. The predicted molar refractivity (Wildman–Crippen MR) is 129 cm³/mol.